The fourth-order valence-electron chi connectivity index (χ4n) is 4.31. The SMILES string of the molecule is COc1ccc2[nH]cc(CCN=C(NC(=O)C=Cc3cc(OC)c(OC)c(OC)c3)Nc3nc(C)cc(C)n3)c2c1. The van der Waals surface area contributed by atoms with Crippen LogP contribution in [0.25, 0.3) is 17.0 Å². The monoisotopic (exact) mass is 558 g/mol. The van der Waals surface area contributed by atoms with Crippen molar-refractivity contribution in [3.8, 4) is 23.0 Å². The lowest BCUT2D eigenvalue weighted by Gasteiger charge is -2.13. The number of H-pyrrole nitrogens is 1. The summed E-state index contributed by atoms with van der Waals surface area (Å²) < 4.78 is 21.5. The zero-order valence-electron chi connectivity index (χ0n) is 24.0. The molecular formula is C30H34N6O5. The molecule has 11 heteroatoms. The number of methoxy groups -OCH3 is 4. The molecule has 0 aliphatic carbocycles. The summed E-state index contributed by atoms with van der Waals surface area (Å²) in [5, 5.41) is 6.92. The van der Waals surface area contributed by atoms with Crippen molar-refractivity contribution in [2.45, 2.75) is 20.3 Å². The molecule has 2 aromatic carbocycles. The first-order chi connectivity index (χ1) is 19.8. The van der Waals surface area contributed by atoms with Crippen LogP contribution < -0.4 is 29.6 Å². The molecule has 0 atom stereocenters. The summed E-state index contributed by atoms with van der Waals surface area (Å²) in [6.45, 7) is 4.15. The van der Waals surface area contributed by atoms with Crippen LogP contribution in [0.1, 0.15) is 22.5 Å². The van der Waals surface area contributed by atoms with Gasteiger partial charge in [-0.25, -0.2) is 9.97 Å². The first-order valence-corrected chi connectivity index (χ1v) is 12.9. The summed E-state index contributed by atoms with van der Waals surface area (Å²) in [6.07, 6.45) is 5.62. The van der Waals surface area contributed by atoms with Gasteiger partial charge in [0.2, 0.25) is 17.7 Å². The Labute approximate surface area is 238 Å². The molecule has 4 aromatic rings. The smallest absolute Gasteiger partial charge is 0.250 e. The second kappa shape index (κ2) is 13.3. The Morgan fingerprint density at radius 1 is 0.951 bits per heavy atom. The first-order valence-electron chi connectivity index (χ1n) is 12.9. The Kier molecular flexibility index (Phi) is 9.41. The third-order valence-electron chi connectivity index (χ3n) is 6.19. The molecule has 0 aliphatic heterocycles. The maximum Gasteiger partial charge on any atom is 0.250 e. The van der Waals surface area contributed by atoms with Gasteiger partial charge in [0.05, 0.1) is 28.4 Å². The number of ether oxygens (including phenoxy) is 4. The maximum absolute atomic E-state index is 13.0. The van der Waals surface area contributed by atoms with Crippen molar-refractivity contribution in [3.05, 3.63) is 71.2 Å². The number of anilines is 1. The lowest BCUT2D eigenvalue weighted by atomic mass is 10.1. The van der Waals surface area contributed by atoms with Crippen LogP contribution in [0, 0.1) is 13.8 Å². The topological polar surface area (TPSA) is 132 Å². The van der Waals surface area contributed by atoms with Crippen LogP contribution in [0.4, 0.5) is 5.95 Å². The largest absolute Gasteiger partial charge is 0.497 e. The second-order valence-electron chi connectivity index (χ2n) is 9.09. The van der Waals surface area contributed by atoms with Gasteiger partial charge in [0.25, 0.3) is 5.91 Å². The molecule has 1 amide bonds. The minimum absolute atomic E-state index is 0.229. The summed E-state index contributed by atoms with van der Waals surface area (Å²) in [4.78, 5) is 29.7. The molecule has 2 heterocycles. The molecule has 4 rings (SSSR count). The van der Waals surface area contributed by atoms with Gasteiger partial charge < -0.3 is 23.9 Å². The van der Waals surface area contributed by atoms with Crippen LogP contribution in [-0.2, 0) is 11.2 Å². The predicted octanol–water partition coefficient (Wildman–Crippen LogP) is 4.45. The fraction of sp³-hybridized carbons (Fsp3) is 0.267. The van der Waals surface area contributed by atoms with Gasteiger partial charge in [0, 0.05) is 41.1 Å². The number of aryl methyl sites for hydroxylation is 2. The highest BCUT2D eigenvalue weighted by molar-refractivity contribution is 6.08. The van der Waals surface area contributed by atoms with E-state index in [2.05, 4.69) is 30.6 Å². The Morgan fingerprint density at radius 3 is 2.29 bits per heavy atom. The van der Waals surface area contributed by atoms with E-state index in [4.69, 9.17) is 18.9 Å². The number of carbonyl (C=O) groups is 1. The van der Waals surface area contributed by atoms with E-state index in [1.165, 1.54) is 27.4 Å². The van der Waals surface area contributed by atoms with Crippen LogP contribution in [-0.4, -0.2) is 61.8 Å². The van der Waals surface area contributed by atoms with E-state index in [0.717, 1.165) is 33.6 Å². The van der Waals surface area contributed by atoms with Gasteiger partial charge in [0.1, 0.15) is 5.75 Å². The number of hydrogen-bond acceptors (Lipinski definition) is 8. The summed E-state index contributed by atoms with van der Waals surface area (Å²) >= 11 is 0. The molecule has 0 bridgehead atoms. The lowest BCUT2D eigenvalue weighted by molar-refractivity contribution is -0.115. The highest BCUT2D eigenvalue weighted by atomic mass is 16.5. The van der Waals surface area contributed by atoms with E-state index in [9.17, 15) is 4.79 Å². The van der Waals surface area contributed by atoms with Gasteiger partial charge in [-0.1, -0.05) is 0 Å². The van der Waals surface area contributed by atoms with Crippen LogP contribution in [0.15, 0.2) is 53.7 Å². The van der Waals surface area contributed by atoms with E-state index < -0.39 is 5.91 Å². The Balaban J connectivity index is 1.54. The number of aromatic nitrogens is 3. The maximum atomic E-state index is 13.0. The van der Waals surface area contributed by atoms with Crippen molar-refractivity contribution in [2.75, 3.05) is 40.3 Å². The van der Waals surface area contributed by atoms with Crippen LogP contribution in [0.3, 0.4) is 0 Å². The van der Waals surface area contributed by atoms with Crippen molar-refractivity contribution < 1.29 is 23.7 Å². The van der Waals surface area contributed by atoms with Gasteiger partial charge in [-0.3, -0.25) is 20.4 Å². The van der Waals surface area contributed by atoms with E-state index in [1.54, 1.807) is 25.3 Å². The minimum Gasteiger partial charge on any atom is -0.497 e. The number of rotatable bonds is 10. The average molecular weight is 559 g/mol. The number of fused-ring (bicyclic) bond motifs is 1. The standard InChI is InChI=1S/C30H34N6O5/c1-18-13-19(2)34-30(33-18)36-29(31-12-11-21-17-32-24-9-8-22(38-3)16-23(21)24)35-27(37)10-7-20-14-25(39-4)28(41-6)26(15-20)40-5/h7-10,13-17,32H,11-12H2,1-6H3,(H2,31,33,34,35,36,37). The van der Waals surface area contributed by atoms with E-state index in [-0.39, 0.29) is 5.96 Å². The van der Waals surface area contributed by atoms with Gasteiger partial charge in [-0.15, -0.1) is 0 Å². The number of carbonyl (C=O) groups excluding carboxylic acids is 1. The normalized spacial score (nSPS) is 11.5. The highest BCUT2D eigenvalue weighted by Gasteiger charge is 2.13. The fourth-order valence-corrected chi connectivity index (χ4v) is 4.31. The number of hydrogen-bond donors (Lipinski definition) is 3. The van der Waals surface area contributed by atoms with E-state index in [1.807, 2.05) is 44.3 Å². The number of aliphatic imine (C=N–C) groups is 1. The molecule has 214 valence electrons. The highest BCUT2D eigenvalue weighted by Crippen LogP contribution is 2.38. The summed E-state index contributed by atoms with van der Waals surface area (Å²) in [6, 6.07) is 11.2. The van der Waals surface area contributed by atoms with Crippen molar-refractivity contribution in [1.82, 2.24) is 20.3 Å². The van der Waals surface area contributed by atoms with Crippen molar-refractivity contribution >= 4 is 34.8 Å². The summed E-state index contributed by atoms with van der Waals surface area (Å²) in [7, 11) is 6.25. The first kappa shape index (κ1) is 28.9. The van der Waals surface area contributed by atoms with Crippen LogP contribution in [0.5, 0.6) is 23.0 Å². The van der Waals surface area contributed by atoms with Gasteiger partial charge in [-0.2, -0.15) is 0 Å². The molecule has 0 saturated heterocycles. The molecule has 3 N–H and O–H groups in total. The molecule has 0 aliphatic rings. The second-order valence-corrected chi connectivity index (χ2v) is 9.09. The predicted molar refractivity (Wildman–Crippen MR) is 159 cm³/mol. The molecule has 41 heavy (non-hydrogen) atoms. The molecule has 0 spiro atoms. The Morgan fingerprint density at radius 2 is 1.66 bits per heavy atom. The molecular weight excluding hydrogens is 524 g/mol. The van der Waals surface area contributed by atoms with Gasteiger partial charge >= 0.3 is 0 Å². The Hall–Kier alpha value is -5.06. The summed E-state index contributed by atoms with van der Waals surface area (Å²) in [5.41, 5.74) is 4.37. The number of benzene rings is 2. The number of aromatic amines is 1. The quantitative estimate of drug-likeness (QED) is 0.148. The Bertz CT molecular complexity index is 1550. The lowest BCUT2D eigenvalue weighted by Crippen LogP contribution is -2.35. The minimum atomic E-state index is -0.397. The molecule has 0 saturated carbocycles. The number of nitrogens with one attached hydrogen (secondary N) is 3. The van der Waals surface area contributed by atoms with Crippen molar-refractivity contribution in [1.29, 1.82) is 0 Å². The number of amides is 1. The molecule has 2 aromatic heterocycles. The number of nitrogens with zero attached hydrogens (tertiary/aromatic N) is 3. The van der Waals surface area contributed by atoms with Gasteiger partial charge in [-0.05, 0) is 73.9 Å². The molecule has 0 unspecified atom stereocenters. The van der Waals surface area contributed by atoms with E-state index in [0.29, 0.717) is 41.7 Å². The zero-order chi connectivity index (χ0) is 29.4. The summed E-state index contributed by atoms with van der Waals surface area (Å²) in [5.74, 6) is 2.39. The molecule has 0 fully saturated rings. The van der Waals surface area contributed by atoms with Crippen LogP contribution in [0.2, 0.25) is 0 Å². The molecule has 0 radical (unpaired) electrons. The third-order valence-corrected chi connectivity index (χ3v) is 6.19. The zero-order valence-corrected chi connectivity index (χ0v) is 24.0. The van der Waals surface area contributed by atoms with Crippen molar-refractivity contribution in [3.63, 3.8) is 0 Å². The van der Waals surface area contributed by atoms with E-state index >= 15 is 0 Å². The van der Waals surface area contributed by atoms with Gasteiger partial charge in [0.15, 0.2) is 11.5 Å². The van der Waals surface area contributed by atoms with Crippen LogP contribution >= 0.6 is 0 Å². The third kappa shape index (κ3) is 7.33. The average Bonchev–Trinajstić information content (AvgIpc) is 3.36. The van der Waals surface area contributed by atoms with Crippen molar-refractivity contribution in [2.24, 2.45) is 4.99 Å². The molecule has 11 nitrogen and oxygen atoms in total. The number of guanidine groups is 1.